The van der Waals surface area contributed by atoms with Gasteiger partial charge in [0.2, 0.25) is 0 Å². The largest absolute Gasteiger partial charge is 0.307 e. The number of rotatable bonds is 3. The summed E-state index contributed by atoms with van der Waals surface area (Å²) in [6.45, 7) is 0.988. The molecule has 2 nitrogen and oxygen atoms in total. The summed E-state index contributed by atoms with van der Waals surface area (Å²) in [5.74, 6) is 0.954. The van der Waals surface area contributed by atoms with Crippen molar-refractivity contribution >= 4 is 5.78 Å². The molecule has 1 aromatic carbocycles. The summed E-state index contributed by atoms with van der Waals surface area (Å²) in [7, 11) is 0. The molecule has 1 aliphatic carbocycles. The van der Waals surface area contributed by atoms with E-state index in [1.807, 2.05) is 12.1 Å². The molecule has 0 radical (unpaired) electrons. The Labute approximate surface area is 115 Å². The van der Waals surface area contributed by atoms with Crippen molar-refractivity contribution in [3.8, 4) is 0 Å². The van der Waals surface area contributed by atoms with E-state index in [1.165, 1.54) is 44.1 Å². The standard InChI is InChI=1S/C17H23NO/c19-17(16-11-2-1-5-12-18-16)15-10-4-3-9-14(15)13-7-6-8-13/h3-4,9-10,13,16,18H,1-2,5-8,11-12H2. The lowest BCUT2D eigenvalue weighted by molar-refractivity contribution is 0.0938. The van der Waals surface area contributed by atoms with Crippen LogP contribution >= 0.6 is 0 Å². The SMILES string of the molecule is O=C(c1ccccc1C1CCC1)C1CCCCCN1. The summed E-state index contributed by atoms with van der Waals surface area (Å²) < 4.78 is 0. The van der Waals surface area contributed by atoms with Gasteiger partial charge in [0.25, 0.3) is 0 Å². The second kappa shape index (κ2) is 5.87. The number of Topliss-reactive ketones (excluding diaryl/α,β-unsaturated/α-hetero) is 1. The Morgan fingerprint density at radius 2 is 1.84 bits per heavy atom. The lowest BCUT2D eigenvalue weighted by Gasteiger charge is -2.28. The molecular weight excluding hydrogens is 234 g/mol. The lowest BCUT2D eigenvalue weighted by Crippen LogP contribution is -2.36. The quantitative estimate of drug-likeness (QED) is 0.837. The third-order valence-electron chi connectivity index (χ3n) is 4.65. The maximum absolute atomic E-state index is 12.8. The number of ketones is 1. The molecule has 2 heteroatoms. The van der Waals surface area contributed by atoms with Gasteiger partial charge >= 0.3 is 0 Å². The Morgan fingerprint density at radius 1 is 1.00 bits per heavy atom. The summed E-state index contributed by atoms with van der Waals surface area (Å²) >= 11 is 0. The van der Waals surface area contributed by atoms with Crippen molar-refractivity contribution in [2.45, 2.75) is 56.9 Å². The van der Waals surface area contributed by atoms with Crippen molar-refractivity contribution in [1.29, 1.82) is 0 Å². The third kappa shape index (κ3) is 2.74. The predicted molar refractivity (Wildman–Crippen MR) is 77.6 cm³/mol. The van der Waals surface area contributed by atoms with E-state index in [9.17, 15) is 4.79 Å². The molecule has 0 spiro atoms. The topological polar surface area (TPSA) is 29.1 Å². The molecular formula is C17H23NO. The van der Waals surface area contributed by atoms with Crippen LogP contribution in [0, 0.1) is 0 Å². The van der Waals surface area contributed by atoms with Crippen molar-refractivity contribution in [2.24, 2.45) is 0 Å². The zero-order chi connectivity index (χ0) is 13.1. The first-order valence-corrected chi connectivity index (χ1v) is 7.73. The van der Waals surface area contributed by atoms with Gasteiger partial charge in [-0.2, -0.15) is 0 Å². The third-order valence-corrected chi connectivity index (χ3v) is 4.65. The molecule has 102 valence electrons. The first kappa shape index (κ1) is 12.9. The van der Waals surface area contributed by atoms with Gasteiger partial charge in [-0.25, -0.2) is 0 Å². The van der Waals surface area contributed by atoms with Crippen molar-refractivity contribution in [1.82, 2.24) is 5.32 Å². The highest BCUT2D eigenvalue weighted by Gasteiger charge is 2.27. The van der Waals surface area contributed by atoms with Crippen molar-refractivity contribution < 1.29 is 4.79 Å². The monoisotopic (exact) mass is 257 g/mol. The van der Waals surface area contributed by atoms with Gasteiger partial charge in [-0.05, 0) is 43.7 Å². The van der Waals surface area contributed by atoms with E-state index in [4.69, 9.17) is 0 Å². The highest BCUT2D eigenvalue weighted by Crippen LogP contribution is 2.38. The normalized spacial score (nSPS) is 24.5. The number of hydrogen-bond acceptors (Lipinski definition) is 2. The Hall–Kier alpha value is -1.15. The first-order valence-electron chi connectivity index (χ1n) is 7.73. The van der Waals surface area contributed by atoms with Gasteiger partial charge in [-0.15, -0.1) is 0 Å². The second-order valence-corrected chi connectivity index (χ2v) is 5.94. The predicted octanol–water partition coefficient (Wildman–Crippen LogP) is 3.67. The summed E-state index contributed by atoms with van der Waals surface area (Å²) in [6.07, 6.45) is 8.45. The average molecular weight is 257 g/mol. The van der Waals surface area contributed by atoms with E-state index in [-0.39, 0.29) is 6.04 Å². The molecule has 1 saturated heterocycles. The highest BCUT2D eigenvalue weighted by atomic mass is 16.1. The van der Waals surface area contributed by atoms with Crippen LogP contribution in [0.5, 0.6) is 0 Å². The van der Waals surface area contributed by atoms with E-state index in [0.717, 1.165) is 18.5 Å². The van der Waals surface area contributed by atoms with Crippen LogP contribution < -0.4 is 5.32 Å². The van der Waals surface area contributed by atoms with Gasteiger partial charge in [-0.3, -0.25) is 4.79 Å². The van der Waals surface area contributed by atoms with E-state index >= 15 is 0 Å². The fourth-order valence-corrected chi connectivity index (χ4v) is 3.24. The molecule has 1 aromatic rings. The molecule has 1 atom stereocenters. The number of carbonyl (C=O) groups is 1. The number of carbonyl (C=O) groups excluding carboxylic acids is 1. The molecule has 1 aliphatic heterocycles. The fourth-order valence-electron chi connectivity index (χ4n) is 3.24. The minimum Gasteiger partial charge on any atom is -0.307 e. The maximum Gasteiger partial charge on any atom is 0.180 e. The maximum atomic E-state index is 12.8. The molecule has 1 heterocycles. The Kier molecular flexibility index (Phi) is 3.97. The zero-order valence-electron chi connectivity index (χ0n) is 11.5. The Bertz CT molecular complexity index is 442. The molecule has 1 unspecified atom stereocenters. The fraction of sp³-hybridized carbons (Fsp3) is 0.588. The van der Waals surface area contributed by atoms with E-state index in [0.29, 0.717) is 11.7 Å². The van der Waals surface area contributed by atoms with Crippen molar-refractivity contribution in [2.75, 3.05) is 6.54 Å². The number of hydrogen-bond donors (Lipinski definition) is 1. The van der Waals surface area contributed by atoms with E-state index in [2.05, 4.69) is 17.4 Å². The van der Waals surface area contributed by atoms with Crippen LogP contribution in [0.15, 0.2) is 24.3 Å². The van der Waals surface area contributed by atoms with Crippen LogP contribution in [0.25, 0.3) is 0 Å². The van der Waals surface area contributed by atoms with Crippen LogP contribution in [0.4, 0.5) is 0 Å². The number of benzene rings is 1. The van der Waals surface area contributed by atoms with Gasteiger partial charge in [0.1, 0.15) is 0 Å². The molecule has 0 bridgehead atoms. The number of nitrogens with one attached hydrogen (secondary N) is 1. The van der Waals surface area contributed by atoms with E-state index in [1.54, 1.807) is 0 Å². The molecule has 0 aromatic heterocycles. The van der Waals surface area contributed by atoms with Crippen LogP contribution in [-0.4, -0.2) is 18.4 Å². The van der Waals surface area contributed by atoms with E-state index < -0.39 is 0 Å². The van der Waals surface area contributed by atoms with Gasteiger partial charge < -0.3 is 5.32 Å². The Balaban J connectivity index is 1.81. The molecule has 0 amide bonds. The summed E-state index contributed by atoms with van der Waals surface area (Å²) in [5.41, 5.74) is 2.27. The average Bonchev–Trinajstić information content (AvgIpc) is 2.65. The highest BCUT2D eigenvalue weighted by molar-refractivity contribution is 6.01. The summed E-state index contributed by atoms with van der Waals surface area (Å²) in [6, 6.07) is 8.32. The van der Waals surface area contributed by atoms with Crippen LogP contribution in [0.2, 0.25) is 0 Å². The van der Waals surface area contributed by atoms with Gasteiger partial charge in [0, 0.05) is 5.56 Å². The minimum absolute atomic E-state index is 0.0451. The molecule has 2 fully saturated rings. The van der Waals surface area contributed by atoms with Crippen molar-refractivity contribution in [3.63, 3.8) is 0 Å². The van der Waals surface area contributed by atoms with Crippen LogP contribution in [-0.2, 0) is 0 Å². The van der Waals surface area contributed by atoms with Gasteiger partial charge in [0.05, 0.1) is 6.04 Å². The van der Waals surface area contributed by atoms with Crippen LogP contribution in [0.3, 0.4) is 0 Å². The molecule has 1 N–H and O–H groups in total. The minimum atomic E-state index is 0.0451. The van der Waals surface area contributed by atoms with Gasteiger partial charge in [0.15, 0.2) is 5.78 Å². The Morgan fingerprint density at radius 3 is 2.63 bits per heavy atom. The first-order chi connectivity index (χ1) is 9.36. The van der Waals surface area contributed by atoms with Gasteiger partial charge in [-0.1, -0.05) is 43.5 Å². The second-order valence-electron chi connectivity index (χ2n) is 5.94. The van der Waals surface area contributed by atoms with Crippen molar-refractivity contribution in [3.05, 3.63) is 35.4 Å². The summed E-state index contributed by atoms with van der Waals surface area (Å²) in [4.78, 5) is 12.8. The summed E-state index contributed by atoms with van der Waals surface area (Å²) in [5, 5.41) is 3.43. The molecule has 3 rings (SSSR count). The van der Waals surface area contributed by atoms with Crippen LogP contribution in [0.1, 0.15) is 66.8 Å². The molecule has 2 aliphatic rings. The lowest BCUT2D eigenvalue weighted by atomic mass is 9.77. The zero-order valence-corrected chi connectivity index (χ0v) is 11.5. The smallest absolute Gasteiger partial charge is 0.180 e. The molecule has 19 heavy (non-hydrogen) atoms. The molecule has 1 saturated carbocycles.